The number of pyridine rings is 1. The van der Waals surface area contributed by atoms with Crippen molar-refractivity contribution in [3.05, 3.63) is 87.6 Å². The van der Waals surface area contributed by atoms with Gasteiger partial charge in [0.1, 0.15) is 11.6 Å². The Labute approximate surface area is 190 Å². The SMILES string of the molecule is CCS(=O)(=O)Cc1cc(-c2cc(C)c(=O)n(C)c2)cc2c1ncn2Cc1ccc(F)cc1F. The first kappa shape index (κ1) is 22.8. The minimum absolute atomic E-state index is 0.0147. The van der Waals surface area contributed by atoms with Crippen molar-refractivity contribution >= 4 is 20.9 Å². The summed E-state index contributed by atoms with van der Waals surface area (Å²) in [6, 6.07) is 8.75. The van der Waals surface area contributed by atoms with E-state index in [4.69, 9.17) is 0 Å². The second-order valence-electron chi connectivity index (χ2n) is 8.12. The summed E-state index contributed by atoms with van der Waals surface area (Å²) in [6.45, 7) is 3.40. The highest BCUT2D eigenvalue weighted by molar-refractivity contribution is 7.90. The Bertz CT molecular complexity index is 1510. The Morgan fingerprint density at radius 3 is 2.45 bits per heavy atom. The maximum atomic E-state index is 14.3. The predicted molar refractivity (Wildman–Crippen MR) is 124 cm³/mol. The number of hydrogen-bond donors (Lipinski definition) is 0. The van der Waals surface area contributed by atoms with Gasteiger partial charge in [0.15, 0.2) is 9.84 Å². The van der Waals surface area contributed by atoms with Gasteiger partial charge in [-0.15, -0.1) is 0 Å². The minimum Gasteiger partial charge on any atom is -0.326 e. The van der Waals surface area contributed by atoms with Gasteiger partial charge in [0.05, 0.1) is 29.7 Å². The van der Waals surface area contributed by atoms with E-state index in [2.05, 4.69) is 4.98 Å². The normalized spacial score (nSPS) is 11.9. The standard InChI is InChI=1S/C24H23F2N3O3S/c1-4-33(31,32)13-19-8-17(18-7-15(2)24(30)28(3)11-18)9-22-23(19)27-14-29(22)12-16-5-6-20(25)10-21(16)26/h5-11,14H,4,12-13H2,1-3H3. The fourth-order valence-electron chi connectivity index (χ4n) is 3.85. The van der Waals surface area contributed by atoms with Crippen molar-refractivity contribution < 1.29 is 17.2 Å². The van der Waals surface area contributed by atoms with Gasteiger partial charge in [-0.3, -0.25) is 4.79 Å². The smallest absolute Gasteiger partial charge is 0.253 e. The van der Waals surface area contributed by atoms with Gasteiger partial charge < -0.3 is 9.13 Å². The fourth-order valence-corrected chi connectivity index (χ4v) is 4.74. The third-order valence-electron chi connectivity index (χ3n) is 5.67. The number of benzene rings is 2. The molecular formula is C24H23F2N3O3S. The maximum absolute atomic E-state index is 14.3. The molecule has 33 heavy (non-hydrogen) atoms. The third-order valence-corrected chi connectivity index (χ3v) is 7.30. The third kappa shape index (κ3) is 4.59. The average Bonchev–Trinajstić information content (AvgIpc) is 3.16. The van der Waals surface area contributed by atoms with Crippen LogP contribution in [0.3, 0.4) is 0 Å². The molecular weight excluding hydrogens is 448 g/mol. The van der Waals surface area contributed by atoms with Gasteiger partial charge in [-0.25, -0.2) is 22.2 Å². The van der Waals surface area contributed by atoms with E-state index < -0.39 is 21.5 Å². The molecule has 4 rings (SSSR count). The van der Waals surface area contributed by atoms with Crippen LogP contribution >= 0.6 is 0 Å². The summed E-state index contributed by atoms with van der Waals surface area (Å²) >= 11 is 0. The molecule has 0 spiro atoms. The first-order valence-electron chi connectivity index (χ1n) is 10.4. The molecule has 0 unspecified atom stereocenters. The molecule has 2 heterocycles. The van der Waals surface area contributed by atoms with Crippen LogP contribution in [0.5, 0.6) is 0 Å². The topological polar surface area (TPSA) is 74.0 Å². The number of halogens is 2. The Morgan fingerprint density at radius 1 is 1.03 bits per heavy atom. The van der Waals surface area contributed by atoms with Gasteiger partial charge in [-0.05, 0) is 47.9 Å². The molecule has 9 heteroatoms. The van der Waals surface area contributed by atoms with Crippen molar-refractivity contribution in [2.24, 2.45) is 7.05 Å². The van der Waals surface area contributed by atoms with Crippen LogP contribution in [0.4, 0.5) is 8.78 Å². The lowest BCUT2D eigenvalue weighted by atomic mass is 10.0. The number of nitrogens with zero attached hydrogens (tertiary/aromatic N) is 3. The quantitative estimate of drug-likeness (QED) is 0.427. The van der Waals surface area contributed by atoms with E-state index in [1.54, 1.807) is 43.8 Å². The van der Waals surface area contributed by atoms with Gasteiger partial charge >= 0.3 is 0 Å². The largest absolute Gasteiger partial charge is 0.326 e. The summed E-state index contributed by atoms with van der Waals surface area (Å²) < 4.78 is 55.6. The van der Waals surface area contributed by atoms with E-state index >= 15 is 0 Å². The molecule has 0 amide bonds. The lowest BCUT2D eigenvalue weighted by molar-refractivity contribution is 0.567. The number of aryl methyl sites for hydroxylation is 2. The van der Waals surface area contributed by atoms with Crippen molar-refractivity contribution in [3.8, 4) is 11.1 Å². The molecule has 0 saturated heterocycles. The highest BCUT2D eigenvalue weighted by atomic mass is 32.2. The van der Waals surface area contributed by atoms with Crippen LogP contribution in [-0.2, 0) is 29.2 Å². The highest BCUT2D eigenvalue weighted by Gasteiger charge is 2.18. The van der Waals surface area contributed by atoms with Crippen LogP contribution in [0.25, 0.3) is 22.2 Å². The van der Waals surface area contributed by atoms with Crippen molar-refractivity contribution in [2.45, 2.75) is 26.1 Å². The van der Waals surface area contributed by atoms with Crippen LogP contribution in [0.1, 0.15) is 23.6 Å². The first-order chi connectivity index (χ1) is 15.6. The molecule has 0 radical (unpaired) electrons. The zero-order chi connectivity index (χ0) is 23.9. The van der Waals surface area contributed by atoms with Crippen LogP contribution in [0.15, 0.2) is 53.7 Å². The molecule has 6 nitrogen and oxygen atoms in total. The molecule has 0 fully saturated rings. The maximum Gasteiger partial charge on any atom is 0.253 e. The van der Waals surface area contributed by atoms with Gasteiger partial charge in [0.2, 0.25) is 0 Å². The number of sulfone groups is 1. The molecule has 4 aromatic rings. The van der Waals surface area contributed by atoms with Crippen LogP contribution in [0.2, 0.25) is 0 Å². The van der Waals surface area contributed by atoms with Crippen molar-refractivity contribution in [2.75, 3.05) is 5.75 Å². The summed E-state index contributed by atoms with van der Waals surface area (Å²) in [5, 5.41) is 0. The average molecular weight is 472 g/mol. The summed E-state index contributed by atoms with van der Waals surface area (Å²) in [6.07, 6.45) is 3.21. The minimum atomic E-state index is -3.35. The van der Waals surface area contributed by atoms with E-state index in [0.29, 0.717) is 27.7 Å². The Morgan fingerprint density at radius 2 is 1.79 bits per heavy atom. The summed E-state index contributed by atoms with van der Waals surface area (Å²) in [4.78, 5) is 16.5. The predicted octanol–water partition coefficient (Wildman–Crippen LogP) is 3.97. The van der Waals surface area contributed by atoms with E-state index in [0.717, 1.165) is 11.6 Å². The van der Waals surface area contributed by atoms with E-state index in [1.807, 2.05) is 6.07 Å². The summed E-state index contributed by atoms with van der Waals surface area (Å²) in [5.41, 5.74) is 3.81. The van der Waals surface area contributed by atoms with Gasteiger partial charge in [-0.2, -0.15) is 0 Å². The number of fused-ring (bicyclic) bond motifs is 1. The van der Waals surface area contributed by atoms with E-state index in [9.17, 15) is 22.0 Å². The van der Waals surface area contributed by atoms with Crippen LogP contribution in [0, 0.1) is 18.6 Å². The van der Waals surface area contributed by atoms with E-state index in [-0.39, 0.29) is 29.2 Å². The molecule has 0 aliphatic heterocycles. The van der Waals surface area contributed by atoms with Gasteiger partial charge in [-0.1, -0.05) is 13.0 Å². The van der Waals surface area contributed by atoms with Crippen LogP contribution in [-0.4, -0.2) is 28.3 Å². The number of hydrogen-bond acceptors (Lipinski definition) is 4. The molecule has 0 N–H and O–H groups in total. The van der Waals surface area contributed by atoms with E-state index in [1.165, 1.54) is 23.0 Å². The second kappa shape index (κ2) is 8.55. The number of rotatable bonds is 6. The lowest BCUT2D eigenvalue weighted by Gasteiger charge is -2.12. The highest BCUT2D eigenvalue weighted by Crippen LogP contribution is 2.29. The van der Waals surface area contributed by atoms with Crippen molar-refractivity contribution in [1.29, 1.82) is 0 Å². The molecule has 2 aromatic heterocycles. The van der Waals surface area contributed by atoms with Gasteiger partial charge in [0, 0.05) is 36.2 Å². The number of imidazole rings is 1. The molecule has 0 aliphatic carbocycles. The monoisotopic (exact) mass is 471 g/mol. The summed E-state index contributed by atoms with van der Waals surface area (Å²) in [5.74, 6) is -1.54. The lowest BCUT2D eigenvalue weighted by Crippen LogP contribution is -2.18. The zero-order valence-corrected chi connectivity index (χ0v) is 19.3. The second-order valence-corrected chi connectivity index (χ2v) is 10.5. The molecule has 0 aliphatic rings. The van der Waals surface area contributed by atoms with Crippen molar-refractivity contribution in [1.82, 2.24) is 14.1 Å². The molecule has 2 aromatic carbocycles. The van der Waals surface area contributed by atoms with Crippen LogP contribution < -0.4 is 5.56 Å². The first-order valence-corrected chi connectivity index (χ1v) is 12.2. The van der Waals surface area contributed by atoms with Crippen molar-refractivity contribution in [3.63, 3.8) is 0 Å². The molecule has 0 bridgehead atoms. The fraction of sp³-hybridized carbons (Fsp3) is 0.250. The molecule has 0 saturated carbocycles. The number of aromatic nitrogens is 3. The molecule has 0 atom stereocenters. The summed E-state index contributed by atoms with van der Waals surface area (Å²) in [7, 11) is -1.70. The Hall–Kier alpha value is -3.33. The Balaban J connectivity index is 1.92. The van der Waals surface area contributed by atoms with Gasteiger partial charge in [0.25, 0.3) is 5.56 Å². The Kier molecular flexibility index (Phi) is 5.92. The zero-order valence-electron chi connectivity index (χ0n) is 18.5. The molecule has 172 valence electrons.